The van der Waals surface area contributed by atoms with Crippen LogP contribution in [0.4, 0.5) is 0 Å². The standard InChI is InChI=1S/C15H18N2O2S2/c1-3-19-15(18)11-5-4-6-12-14(11)17-13(21-12)7-10-8-20-9(2)16-10/h8,11H,3-7H2,1-2H3. The summed E-state index contributed by atoms with van der Waals surface area (Å²) in [5.41, 5.74) is 2.02. The van der Waals surface area contributed by atoms with Crippen LogP contribution < -0.4 is 0 Å². The predicted octanol–water partition coefficient (Wildman–Crippen LogP) is 3.48. The molecular formula is C15H18N2O2S2. The highest BCUT2D eigenvalue weighted by Gasteiger charge is 2.31. The maximum absolute atomic E-state index is 12.1. The molecule has 0 fully saturated rings. The molecule has 21 heavy (non-hydrogen) atoms. The van der Waals surface area contributed by atoms with Gasteiger partial charge >= 0.3 is 5.97 Å². The number of thiazole rings is 2. The monoisotopic (exact) mass is 322 g/mol. The summed E-state index contributed by atoms with van der Waals surface area (Å²) in [6, 6.07) is 0. The maximum atomic E-state index is 12.1. The van der Waals surface area contributed by atoms with E-state index in [9.17, 15) is 4.79 Å². The number of fused-ring (bicyclic) bond motifs is 1. The van der Waals surface area contributed by atoms with E-state index in [-0.39, 0.29) is 11.9 Å². The van der Waals surface area contributed by atoms with Gasteiger partial charge in [-0.15, -0.1) is 22.7 Å². The number of ether oxygens (including phenoxy) is 1. The number of esters is 1. The Balaban J connectivity index is 1.82. The van der Waals surface area contributed by atoms with Crippen LogP contribution in [0.1, 0.15) is 52.0 Å². The first kappa shape index (κ1) is 14.7. The minimum absolute atomic E-state index is 0.125. The predicted molar refractivity (Wildman–Crippen MR) is 84.1 cm³/mol. The van der Waals surface area contributed by atoms with Crippen LogP contribution in [0.3, 0.4) is 0 Å². The van der Waals surface area contributed by atoms with E-state index in [2.05, 4.69) is 10.4 Å². The fourth-order valence-corrected chi connectivity index (χ4v) is 4.46. The third kappa shape index (κ3) is 3.16. The zero-order valence-electron chi connectivity index (χ0n) is 12.2. The molecule has 1 aliphatic rings. The van der Waals surface area contributed by atoms with Crippen molar-refractivity contribution in [2.75, 3.05) is 6.61 Å². The van der Waals surface area contributed by atoms with Crippen LogP contribution in [0, 0.1) is 6.92 Å². The van der Waals surface area contributed by atoms with Gasteiger partial charge in [-0.3, -0.25) is 4.79 Å². The molecule has 0 bridgehead atoms. The van der Waals surface area contributed by atoms with Crippen molar-refractivity contribution >= 4 is 28.6 Å². The summed E-state index contributed by atoms with van der Waals surface area (Å²) >= 11 is 3.39. The van der Waals surface area contributed by atoms with Gasteiger partial charge in [0.2, 0.25) is 0 Å². The summed E-state index contributed by atoms with van der Waals surface area (Å²) in [5, 5.41) is 4.22. The van der Waals surface area contributed by atoms with Crippen molar-refractivity contribution in [2.45, 2.75) is 45.4 Å². The van der Waals surface area contributed by atoms with E-state index in [1.807, 2.05) is 13.8 Å². The Bertz CT molecular complexity index is 648. The molecule has 6 heteroatoms. The molecule has 0 N–H and O–H groups in total. The van der Waals surface area contributed by atoms with E-state index in [4.69, 9.17) is 9.72 Å². The Hall–Kier alpha value is -1.27. The lowest BCUT2D eigenvalue weighted by Gasteiger charge is -2.19. The highest BCUT2D eigenvalue weighted by molar-refractivity contribution is 7.12. The van der Waals surface area contributed by atoms with Gasteiger partial charge in [0.15, 0.2) is 0 Å². The van der Waals surface area contributed by atoms with E-state index < -0.39 is 0 Å². The van der Waals surface area contributed by atoms with Crippen LogP contribution in [0.25, 0.3) is 0 Å². The lowest BCUT2D eigenvalue weighted by atomic mass is 9.91. The minimum atomic E-state index is -0.170. The Morgan fingerprint density at radius 2 is 2.33 bits per heavy atom. The smallest absolute Gasteiger partial charge is 0.315 e. The van der Waals surface area contributed by atoms with Crippen LogP contribution >= 0.6 is 22.7 Å². The maximum Gasteiger partial charge on any atom is 0.315 e. The molecule has 0 spiro atoms. The molecule has 0 aliphatic heterocycles. The second-order valence-corrected chi connectivity index (χ2v) is 7.38. The summed E-state index contributed by atoms with van der Waals surface area (Å²) in [4.78, 5) is 22.5. The number of aryl methyl sites for hydroxylation is 2. The molecule has 1 atom stereocenters. The lowest BCUT2D eigenvalue weighted by molar-refractivity contribution is -0.145. The van der Waals surface area contributed by atoms with E-state index in [1.54, 1.807) is 22.7 Å². The zero-order valence-corrected chi connectivity index (χ0v) is 13.9. The van der Waals surface area contributed by atoms with Gasteiger partial charge in [-0.25, -0.2) is 9.97 Å². The highest BCUT2D eigenvalue weighted by Crippen LogP contribution is 2.36. The molecule has 0 saturated heterocycles. The molecule has 2 heterocycles. The number of hydrogen-bond donors (Lipinski definition) is 0. The average molecular weight is 322 g/mol. The Kier molecular flexibility index (Phi) is 4.35. The number of hydrogen-bond acceptors (Lipinski definition) is 6. The van der Waals surface area contributed by atoms with E-state index in [0.29, 0.717) is 6.61 Å². The molecule has 2 aromatic heterocycles. The van der Waals surface area contributed by atoms with Gasteiger partial charge in [0.05, 0.1) is 28.0 Å². The first-order chi connectivity index (χ1) is 10.2. The van der Waals surface area contributed by atoms with Crippen LogP contribution in [-0.4, -0.2) is 22.5 Å². The number of carbonyl (C=O) groups is 1. The molecule has 1 unspecified atom stereocenters. The van der Waals surface area contributed by atoms with Crippen molar-refractivity contribution in [3.8, 4) is 0 Å². The molecule has 0 aromatic carbocycles. The van der Waals surface area contributed by atoms with Crippen molar-refractivity contribution in [1.82, 2.24) is 9.97 Å². The second kappa shape index (κ2) is 6.23. The third-order valence-corrected chi connectivity index (χ3v) is 5.52. The molecule has 112 valence electrons. The average Bonchev–Trinajstić information content (AvgIpc) is 3.04. The van der Waals surface area contributed by atoms with Crippen LogP contribution in [0.15, 0.2) is 5.38 Å². The van der Waals surface area contributed by atoms with E-state index in [1.165, 1.54) is 4.88 Å². The SMILES string of the molecule is CCOC(=O)C1CCCc2sc(Cc3csc(C)n3)nc21. The second-order valence-electron chi connectivity index (χ2n) is 5.15. The summed E-state index contributed by atoms with van der Waals surface area (Å²) in [7, 11) is 0. The molecule has 0 saturated carbocycles. The Labute approximate surface area is 132 Å². The van der Waals surface area contributed by atoms with Crippen LogP contribution in [0.2, 0.25) is 0 Å². The van der Waals surface area contributed by atoms with E-state index in [0.717, 1.165) is 47.1 Å². The normalized spacial score (nSPS) is 17.5. The highest BCUT2D eigenvalue weighted by atomic mass is 32.1. The topological polar surface area (TPSA) is 52.1 Å². The number of rotatable bonds is 4. The van der Waals surface area contributed by atoms with Gasteiger partial charge in [-0.1, -0.05) is 0 Å². The Morgan fingerprint density at radius 1 is 1.48 bits per heavy atom. The van der Waals surface area contributed by atoms with Gasteiger partial charge in [-0.2, -0.15) is 0 Å². The quantitative estimate of drug-likeness (QED) is 0.809. The van der Waals surface area contributed by atoms with Gasteiger partial charge in [0.1, 0.15) is 5.92 Å². The molecule has 1 aliphatic carbocycles. The van der Waals surface area contributed by atoms with Crippen molar-refractivity contribution < 1.29 is 9.53 Å². The van der Waals surface area contributed by atoms with Crippen LogP contribution in [-0.2, 0) is 22.4 Å². The third-order valence-electron chi connectivity index (χ3n) is 3.57. The first-order valence-electron chi connectivity index (χ1n) is 7.23. The fourth-order valence-electron chi connectivity index (χ4n) is 2.66. The molecule has 4 nitrogen and oxygen atoms in total. The summed E-state index contributed by atoms with van der Waals surface area (Å²) in [5.74, 6) is -0.296. The summed E-state index contributed by atoms with van der Waals surface area (Å²) in [6.07, 6.45) is 3.68. The van der Waals surface area contributed by atoms with Gasteiger partial charge in [-0.05, 0) is 33.1 Å². The minimum Gasteiger partial charge on any atom is -0.465 e. The molecular weight excluding hydrogens is 304 g/mol. The van der Waals surface area contributed by atoms with Gasteiger partial charge < -0.3 is 4.74 Å². The number of nitrogens with zero attached hydrogens (tertiary/aromatic N) is 2. The summed E-state index contributed by atoms with van der Waals surface area (Å²) in [6.45, 7) is 4.29. The van der Waals surface area contributed by atoms with Crippen molar-refractivity contribution in [1.29, 1.82) is 0 Å². The lowest BCUT2D eigenvalue weighted by Crippen LogP contribution is -2.20. The zero-order chi connectivity index (χ0) is 14.8. The molecule has 3 rings (SSSR count). The first-order valence-corrected chi connectivity index (χ1v) is 8.93. The van der Waals surface area contributed by atoms with Gasteiger partial charge in [0, 0.05) is 16.7 Å². The number of aromatic nitrogens is 2. The van der Waals surface area contributed by atoms with Crippen molar-refractivity contribution in [3.05, 3.63) is 31.7 Å². The Morgan fingerprint density at radius 3 is 3.05 bits per heavy atom. The van der Waals surface area contributed by atoms with Gasteiger partial charge in [0.25, 0.3) is 0 Å². The largest absolute Gasteiger partial charge is 0.465 e. The molecule has 0 amide bonds. The fraction of sp³-hybridized carbons (Fsp3) is 0.533. The van der Waals surface area contributed by atoms with Crippen molar-refractivity contribution in [2.24, 2.45) is 0 Å². The molecule has 0 radical (unpaired) electrons. The van der Waals surface area contributed by atoms with Crippen molar-refractivity contribution in [3.63, 3.8) is 0 Å². The van der Waals surface area contributed by atoms with E-state index >= 15 is 0 Å². The number of carbonyl (C=O) groups excluding carboxylic acids is 1. The summed E-state index contributed by atoms with van der Waals surface area (Å²) < 4.78 is 5.18. The molecule has 2 aromatic rings. The van der Waals surface area contributed by atoms with Crippen LogP contribution in [0.5, 0.6) is 0 Å².